The van der Waals surface area contributed by atoms with E-state index in [1.807, 2.05) is 18.2 Å². The quantitative estimate of drug-likeness (QED) is 0.910. The lowest BCUT2D eigenvalue weighted by molar-refractivity contribution is -0.0239. The van der Waals surface area contributed by atoms with E-state index in [9.17, 15) is 5.11 Å². The molecule has 2 unspecified atom stereocenters. The van der Waals surface area contributed by atoms with Gasteiger partial charge in [-0.15, -0.1) is 0 Å². The number of fused-ring (bicyclic) bond motifs is 1. The third-order valence-corrected chi connectivity index (χ3v) is 4.91. The van der Waals surface area contributed by atoms with Crippen molar-refractivity contribution in [3.63, 3.8) is 0 Å². The maximum absolute atomic E-state index is 10.6. The minimum atomic E-state index is -0.461. The average Bonchev–Trinajstić information content (AvgIpc) is 2.69. The summed E-state index contributed by atoms with van der Waals surface area (Å²) >= 11 is 0. The van der Waals surface area contributed by atoms with E-state index in [0.717, 1.165) is 56.0 Å². The van der Waals surface area contributed by atoms with Crippen molar-refractivity contribution in [2.75, 3.05) is 26.7 Å². The summed E-state index contributed by atoms with van der Waals surface area (Å²) in [5.74, 6) is 1.59. The van der Waals surface area contributed by atoms with E-state index < -0.39 is 6.10 Å². The highest BCUT2D eigenvalue weighted by Crippen LogP contribution is 2.45. The van der Waals surface area contributed by atoms with Crippen molar-refractivity contribution in [1.82, 2.24) is 4.90 Å². The largest absolute Gasteiger partial charge is 0.497 e. The van der Waals surface area contributed by atoms with Crippen LogP contribution in [0.15, 0.2) is 18.2 Å². The van der Waals surface area contributed by atoms with Gasteiger partial charge in [0.15, 0.2) is 0 Å². The van der Waals surface area contributed by atoms with Crippen LogP contribution in [-0.4, -0.2) is 42.4 Å². The fourth-order valence-corrected chi connectivity index (χ4v) is 3.59. The number of aliphatic hydroxyl groups is 1. The van der Waals surface area contributed by atoms with E-state index in [1.165, 1.54) is 0 Å². The molecular weight excluding hydrogens is 266 g/mol. The molecule has 1 fully saturated rings. The van der Waals surface area contributed by atoms with Crippen molar-refractivity contribution in [3.05, 3.63) is 23.8 Å². The smallest absolute Gasteiger partial charge is 0.126 e. The van der Waals surface area contributed by atoms with Crippen molar-refractivity contribution < 1.29 is 14.6 Å². The molecule has 1 spiro atoms. The molecule has 0 radical (unpaired) electrons. The summed E-state index contributed by atoms with van der Waals surface area (Å²) in [6.45, 7) is 5.48. The van der Waals surface area contributed by atoms with E-state index in [1.54, 1.807) is 7.11 Å². The van der Waals surface area contributed by atoms with Crippen LogP contribution in [0, 0.1) is 0 Å². The van der Waals surface area contributed by atoms with Gasteiger partial charge in [-0.3, -0.25) is 0 Å². The lowest BCUT2D eigenvalue weighted by atomic mass is 9.83. The van der Waals surface area contributed by atoms with E-state index in [0.29, 0.717) is 6.42 Å². The zero-order valence-corrected chi connectivity index (χ0v) is 13.0. The summed E-state index contributed by atoms with van der Waals surface area (Å²) in [6, 6.07) is 5.72. The Balaban J connectivity index is 1.84. The number of rotatable bonds is 2. The lowest BCUT2D eigenvalue weighted by Gasteiger charge is -2.40. The molecular formula is C17H25NO3. The molecule has 4 nitrogen and oxygen atoms in total. The molecule has 0 aliphatic carbocycles. The van der Waals surface area contributed by atoms with Gasteiger partial charge < -0.3 is 19.5 Å². The molecule has 0 amide bonds. The molecule has 2 aliphatic heterocycles. The Kier molecular flexibility index (Phi) is 4.09. The Labute approximate surface area is 126 Å². The number of benzene rings is 1. The van der Waals surface area contributed by atoms with Gasteiger partial charge in [0.25, 0.3) is 0 Å². The van der Waals surface area contributed by atoms with E-state index in [4.69, 9.17) is 9.47 Å². The molecule has 1 aromatic carbocycles. The van der Waals surface area contributed by atoms with Gasteiger partial charge in [-0.1, -0.05) is 6.92 Å². The van der Waals surface area contributed by atoms with Gasteiger partial charge in [0.1, 0.15) is 17.1 Å². The average molecular weight is 291 g/mol. The Bertz CT molecular complexity index is 505. The van der Waals surface area contributed by atoms with Crippen LogP contribution in [0.3, 0.4) is 0 Å². The Morgan fingerprint density at radius 3 is 3.00 bits per heavy atom. The molecule has 4 heteroatoms. The summed E-state index contributed by atoms with van der Waals surface area (Å²) in [5, 5.41) is 10.6. The number of methoxy groups -OCH3 is 1. The van der Waals surface area contributed by atoms with Crippen molar-refractivity contribution in [3.8, 4) is 11.5 Å². The van der Waals surface area contributed by atoms with Crippen LogP contribution >= 0.6 is 0 Å². The second kappa shape index (κ2) is 5.85. The normalized spacial score (nSPS) is 29.6. The summed E-state index contributed by atoms with van der Waals surface area (Å²) in [6.07, 6.45) is 3.36. The maximum atomic E-state index is 10.6. The van der Waals surface area contributed by atoms with Crippen LogP contribution in [0.5, 0.6) is 11.5 Å². The highest BCUT2D eigenvalue weighted by Gasteiger charge is 2.41. The van der Waals surface area contributed by atoms with Gasteiger partial charge in [-0.05, 0) is 50.6 Å². The van der Waals surface area contributed by atoms with Crippen molar-refractivity contribution in [2.45, 2.75) is 44.3 Å². The second-order valence-electron chi connectivity index (χ2n) is 6.20. The number of likely N-dealkylation sites (tertiary alicyclic amines) is 1. The molecule has 2 aliphatic rings. The fourth-order valence-electron chi connectivity index (χ4n) is 3.59. The van der Waals surface area contributed by atoms with Crippen LogP contribution in [0.2, 0.25) is 0 Å². The predicted octanol–water partition coefficient (Wildman–Crippen LogP) is 2.76. The van der Waals surface area contributed by atoms with Crippen LogP contribution < -0.4 is 9.47 Å². The summed E-state index contributed by atoms with van der Waals surface area (Å²) in [7, 11) is 1.64. The Morgan fingerprint density at radius 2 is 2.24 bits per heavy atom. The van der Waals surface area contributed by atoms with Gasteiger partial charge in [0.2, 0.25) is 0 Å². The van der Waals surface area contributed by atoms with Gasteiger partial charge in [0.05, 0.1) is 13.2 Å². The molecule has 116 valence electrons. The number of hydrogen-bond donors (Lipinski definition) is 1. The van der Waals surface area contributed by atoms with Crippen molar-refractivity contribution >= 4 is 0 Å². The second-order valence-corrected chi connectivity index (χ2v) is 6.20. The maximum Gasteiger partial charge on any atom is 0.126 e. The summed E-state index contributed by atoms with van der Waals surface area (Å²) < 4.78 is 11.6. The first-order valence-electron chi connectivity index (χ1n) is 7.93. The molecule has 0 aromatic heterocycles. The molecule has 1 saturated heterocycles. The third kappa shape index (κ3) is 2.87. The molecule has 1 N–H and O–H groups in total. The SMILES string of the molecule is CCN1CCCC2(CC1)CC(O)c1cc(OC)ccc1O2. The lowest BCUT2D eigenvalue weighted by Crippen LogP contribution is -2.42. The minimum Gasteiger partial charge on any atom is -0.497 e. The Morgan fingerprint density at radius 1 is 1.38 bits per heavy atom. The number of nitrogens with zero attached hydrogens (tertiary/aromatic N) is 1. The van der Waals surface area contributed by atoms with Gasteiger partial charge in [0, 0.05) is 18.5 Å². The summed E-state index contributed by atoms with van der Waals surface area (Å²) in [4.78, 5) is 2.47. The molecule has 1 aromatic rings. The highest BCUT2D eigenvalue weighted by molar-refractivity contribution is 5.43. The first kappa shape index (κ1) is 14.7. The molecule has 21 heavy (non-hydrogen) atoms. The molecule has 2 heterocycles. The van der Waals surface area contributed by atoms with Crippen molar-refractivity contribution in [1.29, 1.82) is 0 Å². The minimum absolute atomic E-state index is 0.203. The van der Waals surface area contributed by atoms with Crippen LogP contribution in [0.1, 0.15) is 44.3 Å². The molecule has 3 rings (SSSR count). The van der Waals surface area contributed by atoms with Crippen LogP contribution in [0.4, 0.5) is 0 Å². The first-order chi connectivity index (χ1) is 10.2. The number of ether oxygens (including phenoxy) is 2. The van der Waals surface area contributed by atoms with E-state index in [-0.39, 0.29) is 5.60 Å². The van der Waals surface area contributed by atoms with Gasteiger partial charge in [-0.2, -0.15) is 0 Å². The highest BCUT2D eigenvalue weighted by atomic mass is 16.5. The zero-order chi connectivity index (χ0) is 14.9. The van der Waals surface area contributed by atoms with Crippen LogP contribution in [0.25, 0.3) is 0 Å². The third-order valence-electron chi connectivity index (χ3n) is 4.91. The fraction of sp³-hybridized carbons (Fsp3) is 0.647. The summed E-state index contributed by atoms with van der Waals surface area (Å²) in [5.41, 5.74) is 0.654. The van der Waals surface area contributed by atoms with E-state index in [2.05, 4.69) is 11.8 Å². The van der Waals surface area contributed by atoms with Crippen molar-refractivity contribution in [2.24, 2.45) is 0 Å². The molecule has 2 atom stereocenters. The van der Waals surface area contributed by atoms with Gasteiger partial charge >= 0.3 is 0 Å². The van der Waals surface area contributed by atoms with Gasteiger partial charge in [-0.25, -0.2) is 0 Å². The van der Waals surface area contributed by atoms with E-state index >= 15 is 0 Å². The molecule has 0 saturated carbocycles. The topological polar surface area (TPSA) is 41.9 Å². The molecule has 0 bridgehead atoms. The number of hydrogen-bond acceptors (Lipinski definition) is 4. The monoisotopic (exact) mass is 291 g/mol. The predicted molar refractivity (Wildman–Crippen MR) is 81.9 cm³/mol. The Hall–Kier alpha value is -1.26. The zero-order valence-electron chi connectivity index (χ0n) is 13.0. The van der Waals surface area contributed by atoms with Crippen LogP contribution in [-0.2, 0) is 0 Å². The first-order valence-corrected chi connectivity index (χ1v) is 7.93. The standard InChI is InChI=1S/C17H25NO3/c1-3-18-9-4-7-17(8-10-18)12-15(19)14-11-13(20-2)5-6-16(14)21-17/h5-6,11,15,19H,3-4,7-10,12H2,1-2H3. The number of aliphatic hydroxyl groups excluding tert-OH is 1.